The van der Waals surface area contributed by atoms with E-state index in [-0.39, 0.29) is 24.0 Å². The zero-order valence-corrected chi connectivity index (χ0v) is 15.9. The topological polar surface area (TPSA) is 45.6 Å². The van der Waals surface area contributed by atoms with Gasteiger partial charge < -0.3 is 15.4 Å². The molecule has 0 aromatic heterocycles. The van der Waals surface area contributed by atoms with Crippen molar-refractivity contribution in [3.63, 3.8) is 0 Å². The fraction of sp³-hybridized carbons (Fsp3) is 0.938. The van der Waals surface area contributed by atoms with Crippen LogP contribution in [0.2, 0.25) is 0 Å². The Morgan fingerprint density at radius 3 is 2.48 bits per heavy atom. The van der Waals surface area contributed by atoms with E-state index in [0.717, 1.165) is 44.6 Å². The van der Waals surface area contributed by atoms with Crippen LogP contribution in [0.15, 0.2) is 4.99 Å². The number of hydrogen-bond donors (Lipinski definition) is 2. The molecule has 0 radical (unpaired) electrons. The number of guanidine groups is 1. The lowest BCUT2D eigenvalue weighted by atomic mass is 10.0. The average molecular weight is 409 g/mol. The molecule has 21 heavy (non-hydrogen) atoms. The number of aliphatic imine (C=N–C) groups is 1. The Morgan fingerprint density at radius 2 is 1.90 bits per heavy atom. The molecule has 0 atom stereocenters. The third-order valence-corrected chi connectivity index (χ3v) is 4.57. The van der Waals surface area contributed by atoms with E-state index in [1.54, 1.807) is 0 Å². The van der Waals surface area contributed by atoms with Gasteiger partial charge in [-0.25, -0.2) is 0 Å². The molecule has 0 unspecified atom stereocenters. The van der Waals surface area contributed by atoms with Gasteiger partial charge in [0.2, 0.25) is 0 Å². The van der Waals surface area contributed by atoms with Crippen LogP contribution >= 0.6 is 24.0 Å². The van der Waals surface area contributed by atoms with Crippen molar-refractivity contribution in [3.05, 3.63) is 0 Å². The van der Waals surface area contributed by atoms with Crippen LogP contribution in [0, 0.1) is 11.3 Å². The lowest BCUT2D eigenvalue weighted by Gasteiger charge is -2.18. The largest absolute Gasteiger partial charge is 0.381 e. The molecule has 5 heteroatoms. The predicted octanol–water partition coefficient (Wildman–Crippen LogP) is 3.17. The summed E-state index contributed by atoms with van der Waals surface area (Å²) in [5, 5.41) is 6.88. The number of nitrogens with zero attached hydrogens (tertiary/aromatic N) is 1. The number of rotatable bonds is 10. The smallest absolute Gasteiger partial charge is 0.190 e. The zero-order chi connectivity index (χ0) is 14.3. The summed E-state index contributed by atoms with van der Waals surface area (Å²) in [7, 11) is 1.85. The predicted molar refractivity (Wildman–Crippen MR) is 99.5 cm³/mol. The van der Waals surface area contributed by atoms with Gasteiger partial charge in [-0.2, -0.15) is 0 Å². The maximum Gasteiger partial charge on any atom is 0.190 e. The molecule has 0 spiro atoms. The lowest BCUT2D eigenvalue weighted by Crippen LogP contribution is -2.41. The average Bonchev–Trinajstić information content (AvgIpc) is 3.33. The minimum absolute atomic E-state index is 0. The van der Waals surface area contributed by atoms with Gasteiger partial charge in [0.1, 0.15) is 0 Å². The summed E-state index contributed by atoms with van der Waals surface area (Å²) in [6.45, 7) is 5.96. The fourth-order valence-corrected chi connectivity index (χ4v) is 2.80. The van der Waals surface area contributed by atoms with E-state index >= 15 is 0 Å². The van der Waals surface area contributed by atoms with Gasteiger partial charge in [-0.15, -0.1) is 24.0 Å². The first kappa shape index (κ1) is 19.0. The van der Waals surface area contributed by atoms with Gasteiger partial charge in [-0.1, -0.05) is 13.3 Å². The maximum atomic E-state index is 5.55. The van der Waals surface area contributed by atoms with Gasteiger partial charge in [0.25, 0.3) is 0 Å². The molecular weight excluding hydrogens is 377 g/mol. The van der Waals surface area contributed by atoms with Gasteiger partial charge in [0.05, 0.1) is 0 Å². The van der Waals surface area contributed by atoms with Crippen LogP contribution in [0.3, 0.4) is 0 Å². The molecular formula is C16H32IN3O. The van der Waals surface area contributed by atoms with Gasteiger partial charge in [-0.05, 0) is 49.9 Å². The Bertz CT molecular complexity index is 315. The zero-order valence-electron chi connectivity index (χ0n) is 13.6. The molecule has 2 aliphatic carbocycles. The van der Waals surface area contributed by atoms with Gasteiger partial charge in [0.15, 0.2) is 5.96 Å². The Labute approximate surface area is 146 Å². The van der Waals surface area contributed by atoms with Crippen LogP contribution in [0.1, 0.15) is 51.9 Å². The van der Waals surface area contributed by atoms with Crippen molar-refractivity contribution < 1.29 is 4.74 Å². The monoisotopic (exact) mass is 409 g/mol. The van der Waals surface area contributed by atoms with Crippen LogP contribution in [0.25, 0.3) is 0 Å². The second-order valence-electron chi connectivity index (χ2n) is 6.31. The number of halogens is 1. The number of unbranched alkanes of at least 4 members (excludes halogenated alkanes) is 1. The van der Waals surface area contributed by atoms with Crippen molar-refractivity contribution in [2.75, 3.05) is 33.4 Å². The van der Waals surface area contributed by atoms with Crippen LogP contribution < -0.4 is 10.6 Å². The summed E-state index contributed by atoms with van der Waals surface area (Å²) in [6.07, 6.45) is 9.13. The molecule has 0 saturated heterocycles. The summed E-state index contributed by atoms with van der Waals surface area (Å²) >= 11 is 0. The third kappa shape index (κ3) is 6.72. The first-order valence-electron chi connectivity index (χ1n) is 8.33. The highest BCUT2D eigenvalue weighted by Gasteiger charge is 2.53. The second kappa shape index (κ2) is 9.87. The van der Waals surface area contributed by atoms with E-state index in [1.165, 1.54) is 38.5 Å². The molecule has 2 fully saturated rings. The van der Waals surface area contributed by atoms with E-state index in [9.17, 15) is 0 Å². The van der Waals surface area contributed by atoms with E-state index < -0.39 is 0 Å². The Hall–Kier alpha value is -0.0400. The number of nitrogens with one attached hydrogen (secondary N) is 2. The summed E-state index contributed by atoms with van der Waals surface area (Å²) in [4.78, 5) is 4.30. The SMILES string of the molecule is CCCCOCCCNC(=NC)NCC1(C2CC2)CC1.I. The van der Waals surface area contributed by atoms with Crippen LogP contribution in [-0.2, 0) is 4.74 Å². The lowest BCUT2D eigenvalue weighted by molar-refractivity contribution is 0.129. The number of hydrogen-bond acceptors (Lipinski definition) is 2. The minimum atomic E-state index is 0. The van der Waals surface area contributed by atoms with Gasteiger partial charge in [-0.3, -0.25) is 4.99 Å². The highest BCUT2D eigenvalue weighted by Crippen LogP contribution is 2.60. The van der Waals surface area contributed by atoms with Crippen LogP contribution in [0.5, 0.6) is 0 Å². The number of ether oxygens (including phenoxy) is 1. The van der Waals surface area contributed by atoms with Crippen molar-refractivity contribution in [3.8, 4) is 0 Å². The molecule has 2 rings (SSSR count). The summed E-state index contributed by atoms with van der Waals surface area (Å²) in [6, 6.07) is 0. The molecule has 0 aromatic rings. The van der Waals surface area contributed by atoms with Crippen molar-refractivity contribution in [2.24, 2.45) is 16.3 Å². The maximum absolute atomic E-state index is 5.55. The van der Waals surface area contributed by atoms with Crippen LogP contribution in [0.4, 0.5) is 0 Å². The highest BCUT2D eigenvalue weighted by atomic mass is 127. The first-order valence-corrected chi connectivity index (χ1v) is 8.33. The molecule has 2 aliphatic rings. The second-order valence-corrected chi connectivity index (χ2v) is 6.31. The summed E-state index contributed by atoms with van der Waals surface area (Å²) in [5.74, 6) is 1.95. The Morgan fingerprint density at radius 1 is 1.19 bits per heavy atom. The van der Waals surface area contributed by atoms with Gasteiger partial charge in [0, 0.05) is 33.4 Å². The van der Waals surface area contributed by atoms with Crippen LogP contribution in [-0.4, -0.2) is 39.3 Å². The molecule has 4 nitrogen and oxygen atoms in total. The molecule has 0 aromatic carbocycles. The first-order chi connectivity index (χ1) is 9.80. The Kier molecular flexibility index (Phi) is 8.94. The van der Waals surface area contributed by atoms with E-state index in [4.69, 9.17) is 4.74 Å². The molecule has 0 amide bonds. The Balaban J connectivity index is 0.00000220. The van der Waals surface area contributed by atoms with Crippen molar-refractivity contribution >= 4 is 29.9 Å². The molecule has 0 aliphatic heterocycles. The molecule has 0 bridgehead atoms. The highest BCUT2D eigenvalue weighted by molar-refractivity contribution is 14.0. The summed E-state index contributed by atoms with van der Waals surface area (Å²) < 4.78 is 5.55. The summed E-state index contributed by atoms with van der Waals surface area (Å²) in [5.41, 5.74) is 0.626. The standard InChI is InChI=1S/C16H31N3O.HI/c1-3-4-11-20-12-5-10-18-15(17-2)19-13-16(8-9-16)14-6-7-14;/h14H,3-13H2,1-2H3,(H2,17,18,19);1H. The van der Waals surface area contributed by atoms with E-state index in [0.29, 0.717) is 5.41 Å². The van der Waals surface area contributed by atoms with E-state index in [2.05, 4.69) is 22.5 Å². The molecule has 2 N–H and O–H groups in total. The molecule has 2 saturated carbocycles. The van der Waals surface area contributed by atoms with E-state index in [1.807, 2.05) is 7.05 Å². The van der Waals surface area contributed by atoms with Crippen molar-refractivity contribution in [1.82, 2.24) is 10.6 Å². The third-order valence-electron chi connectivity index (χ3n) is 4.57. The van der Waals surface area contributed by atoms with Crippen molar-refractivity contribution in [2.45, 2.75) is 51.9 Å². The quantitative estimate of drug-likeness (QED) is 0.252. The minimum Gasteiger partial charge on any atom is -0.381 e. The fourth-order valence-electron chi connectivity index (χ4n) is 2.80. The molecule has 0 heterocycles. The molecule has 124 valence electrons. The van der Waals surface area contributed by atoms with Crippen molar-refractivity contribution in [1.29, 1.82) is 0 Å². The normalized spacial score (nSPS) is 19.8. The van der Waals surface area contributed by atoms with Gasteiger partial charge >= 0.3 is 0 Å².